The Labute approximate surface area is 127 Å². The van der Waals surface area contributed by atoms with Gasteiger partial charge < -0.3 is 9.88 Å². The van der Waals surface area contributed by atoms with Crippen LogP contribution in [0.25, 0.3) is 0 Å². The number of rotatable bonds is 6. The summed E-state index contributed by atoms with van der Waals surface area (Å²) in [5, 5.41) is 3.24. The molecule has 0 fully saturated rings. The second kappa shape index (κ2) is 6.99. The summed E-state index contributed by atoms with van der Waals surface area (Å²) in [6, 6.07) is 5.15. The number of nitrogens with zero attached hydrogens (tertiary/aromatic N) is 2. The summed E-state index contributed by atoms with van der Waals surface area (Å²) in [7, 11) is 1.88. The maximum atomic E-state index is 13.7. The Morgan fingerprint density at radius 1 is 1.45 bits per heavy atom. The zero-order valence-electron chi connectivity index (χ0n) is 11.7. The predicted octanol–water partition coefficient (Wildman–Crippen LogP) is 3.70. The normalized spacial score (nSPS) is 12.6. The second-order valence-electron chi connectivity index (χ2n) is 4.73. The molecule has 2 aromatic rings. The van der Waals surface area contributed by atoms with Gasteiger partial charge in [0.05, 0.1) is 4.47 Å². The average Bonchev–Trinajstić information content (AvgIpc) is 2.87. The molecule has 1 heterocycles. The van der Waals surface area contributed by atoms with Crippen molar-refractivity contribution in [2.45, 2.75) is 32.4 Å². The van der Waals surface area contributed by atoms with E-state index in [1.165, 1.54) is 6.07 Å². The smallest absolute Gasteiger partial charge is 0.137 e. The first-order chi connectivity index (χ1) is 9.67. The molecule has 0 aliphatic heterocycles. The highest BCUT2D eigenvalue weighted by atomic mass is 79.9. The third-order valence-corrected chi connectivity index (χ3v) is 4.19. The number of nitrogens with one attached hydrogen (secondary N) is 1. The molecule has 1 aromatic carbocycles. The Hall–Kier alpha value is -1.20. The van der Waals surface area contributed by atoms with Gasteiger partial charge in [-0.1, -0.05) is 19.1 Å². The van der Waals surface area contributed by atoms with E-state index in [2.05, 4.69) is 37.7 Å². The highest BCUT2D eigenvalue weighted by Gasteiger charge is 2.17. The van der Waals surface area contributed by atoms with Crippen LogP contribution in [-0.2, 0) is 13.0 Å². The molecule has 1 N–H and O–H groups in total. The van der Waals surface area contributed by atoms with E-state index in [0.717, 1.165) is 30.8 Å². The van der Waals surface area contributed by atoms with Gasteiger partial charge in [0, 0.05) is 31.4 Å². The highest BCUT2D eigenvalue weighted by molar-refractivity contribution is 9.10. The third kappa shape index (κ3) is 3.27. The van der Waals surface area contributed by atoms with Crippen molar-refractivity contribution in [3.63, 3.8) is 0 Å². The number of aryl methyl sites for hydroxylation is 1. The van der Waals surface area contributed by atoms with Crippen LogP contribution in [0.5, 0.6) is 0 Å². The van der Waals surface area contributed by atoms with Crippen LogP contribution in [0.1, 0.15) is 30.8 Å². The minimum Gasteiger partial charge on any atom is -0.335 e. The number of hydrogen-bond acceptors (Lipinski definition) is 2. The van der Waals surface area contributed by atoms with Gasteiger partial charge in [-0.05, 0) is 41.0 Å². The topological polar surface area (TPSA) is 29.9 Å². The van der Waals surface area contributed by atoms with E-state index in [0.29, 0.717) is 4.47 Å². The molecular formula is C15H19BrFN3. The molecule has 3 nitrogen and oxygen atoms in total. The number of hydrogen-bond donors (Lipinski definition) is 1. The third-order valence-electron chi connectivity index (χ3n) is 3.36. The van der Waals surface area contributed by atoms with E-state index in [9.17, 15) is 4.39 Å². The summed E-state index contributed by atoms with van der Waals surface area (Å²) < 4.78 is 16.3. The molecule has 20 heavy (non-hydrogen) atoms. The van der Waals surface area contributed by atoms with Gasteiger partial charge in [-0.25, -0.2) is 9.37 Å². The number of likely N-dealkylation sites (N-methyl/N-ethyl adjacent to an activating group) is 1. The number of benzene rings is 1. The molecule has 5 heteroatoms. The molecule has 0 spiro atoms. The van der Waals surface area contributed by atoms with E-state index >= 15 is 0 Å². The summed E-state index contributed by atoms with van der Waals surface area (Å²) in [5.74, 6) is 0.780. The van der Waals surface area contributed by atoms with Crippen LogP contribution < -0.4 is 5.32 Å². The Bertz CT molecular complexity index is 568. The molecule has 0 aliphatic carbocycles. The fourth-order valence-corrected chi connectivity index (χ4v) is 2.85. The lowest BCUT2D eigenvalue weighted by Gasteiger charge is -2.19. The van der Waals surface area contributed by atoms with Gasteiger partial charge in [0.15, 0.2) is 0 Å². The van der Waals surface area contributed by atoms with Gasteiger partial charge in [0.1, 0.15) is 11.6 Å². The van der Waals surface area contributed by atoms with E-state index < -0.39 is 0 Å². The second-order valence-corrected chi connectivity index (χ2v) is 5.52. The Kier molecular flexibility index (Phi) is 5.31. The summed E-state index contributed by atoms with van der Waals surface area (Å²) >= 11 is 3.33. The SMILES string of the molecule is CCCn1ccnc1CC(NC)c1cccc(F)c1Br. The van der Waals surface area contributed by atoms with Crippen molar-refractivity contribution in [3.05, 3.63) is 52.3 Å². The molecule has 1 unspecified atom stereocenters. The summed E-state index contributed by atoms with van der Waals surface area (Å²) in [6.07, 6.45) is 5.60. The van der Waals surface area contributed by atoms with Crippen molar-refractivity contribution in [1.29, 1.82) is 0 Å². The van der Waals surface area contributed by atoms with E-state index in [1.807, 2.05) is 25.5 Å². The van der Waals surface area contributed by atoms with Crippen LogP contribution in [0.2, 0.25) is 0 Å². The predicted molar refractivity (Wildman–Crippen MR) is 82.1 cm³/mol. The Morgan fingerprint density at radius 2 is 2.25 bits per heavy atom. The first-order valence-corrected chi connectivity index (χ1v) is 7.57. The highest BCUT2D eigenvalue weighted by Crippen LogP contribution is 2.27. The molecule has 0 amide bonds. The average molecular weight is 340 g/mol. The van der Waals surface area contributed by atoms with Crippen molar-refractivity contribution in [2.75, 3.05) is 7.05 Å². The molecule has 2 rings (SSSR count). The van der Waals surface area contributed by atoms with Crippen LogP contribution in [0.15, 0.2) is 35.1 Å². The first-order valence-electron chi connectivity index (χ1n) is 6.78. The molecule has 0 saturated heterocycles. The van der Waals surface area contributed by atoms with Gasteiger partial charge >= 0.3 is 0 Å². The van der Waals surface area contributed by atoms with Gasteiger partial charge in [0.2, 0.25) is 0 Å². The zero-order chi connectivity index (χ0) is 14.5. The van der Waals surface area contributed by atoms with Gasteiger partial charge in [0.25, 0.3) is 0 Å². The number of halogens is 2. The molecule has 0 aliphatic rings. The summed E-state index contributed by atoms with van der Waals surface area (Å²) in [6.45, 7) is 3.10. The minimum absolute atomic E-state index is 0.0260. The van der Waals surface area contributed by atoms with E-state index in [-0.39, 0.29) is 11.9 Å². The lowest BCUT2D eigenvalue weighted by Crippen LogP contribution is -2.21. The Morgan fingerprint density at radius 3 is 2.95 bits per heavy atom. The van der Waals surface area contributed by atoms with Crippen molar-refractivity contribution in [1.82, 2.24) is 14.9 Å². The Balaban J connectivity index is 2.24. The van der Waals surface area contributed by atoms with Crippen LogP contribution >= 0.6 is 15.9 Å². The lowest BCUT2D eigenvalue weighted by atomic mass is 10.0. The van der Waals surface area contributed by atoms with Gasteiger partial charge in [-0.15, -0.1) is 0 Å². The quantitative estimate of drug-likeness (QED) is 0.869. The summed E-state index contributed by atoms with van der Waals surface area (Å²) in [5.41, 5.74) is 0.915. The van der Waals surface area contributed by atoms with Crippen molar-refractivity contribution in [3.8, 4) is 0 Å². The largest absolute Gasteiger partial charge is 0.335 e. The standard InChI is InChI=1S/C15H19BrFN3/c1-3-8-20-9-7-19-14(20)10-13(18-2)11-5-4-6-12(17)15(11)16/h4-7,9,13,18H,3,8,10H2,1-2H3. The molecule has 0 bridgehead atoms. The monoisotopic (exact) mass is 339 g/mol. The van der Waals surface area contributed by atoms with Crippen molar-refractivity contribution in [2.24, 2.45) is 0 Å². The number of imidazole rings is 1. The van der Waals surface area contributed by atoms with E-state index in [1.54, 1.807) is 6.07 Å². The van der Waals surface area contributed by atoms with Crippen LogP contribution in [-0.4, -0.2) is 16.6 Å². The minimum atomic E-state index is -0.236. The fourth-order valence-electron chi connectivity index (χ4n) is 2.31. The fraction of sp³-hybridized carbons (Fsp3) is 0.400. The molecule has 0 radical (unpaired) electrons. The van der Waals surface area contributed by atoms with Crippen molar-refractivity contribution < 1.29 is 4.39 Å². The maximum absolute atomic E-state index is 13.7. The molecule has 0 saturated carbocycles. The van der Waals surface area contributed by atoms with Crippen LogP contribution in [0, 0.1) is 5.82 Å². The van der Waals surface area contributed by atoms with Gasteiger partial charge in [-0.3, -0.25) is 0 Å². The van der Waals surface area contributed by atoms with Crippen molar-refractivity contribution >= 4 is 15.9 Å². The van der Waals surface area contributed by atoms with Crippen LogP contribution in [0.4, 0.5) is 4.39 Å². The first kappa shape index (κ1) is 15.2. The number of aromatic nitrogens is 2. The van der Waals surface area contributed by atoms with Gasteiger partial charge in [-0.2, -0.15) is 0 Å². The molecule has 1 aromatic heterocycles. The zero-order valence-corrected chi connectivity index (χ0v) is 13.3. The molecule has 108 valence electrons. The molecule has 1 atom stereocenters. The maximum Gasteiger partial charge on any atom is 0.137 e. The lowest BCUT2D eigenvalue weighted by molar-refractivity contribution is 0.535. The van der Waals surface area contributed by atoms with Crippen LogP contribution in [0.3, 0.4) is 0 Å². The summed E-state index contributed by atoms with van der Waals surface area (Å²) in [4.78, 5) is 4.41. The molecular weight excluding hydrogens is 321 g/mol. The van der Waals surface area contributed by atoms with E-state index in [4.69, 9.17) is 0 Å².